The predicted molar refractivity (Wildman–Crippen MR) is 116 cm³/mol. The van der Waals surface area contributed by atoms with Crippen molar-refractivity contribution in [2.75, 3.05) is 38.2 Å². The summed E-state index contributed by atoms with van der Waals surface area (Å²) in [6.45, 7) is 9.67. The molecule has 0 bridgehead atoms. The zero-order valence-corrected chi connectivity index (χ0v) is 17.8. The Morgan fingerprint density at radius 2 is 1.97 bits per heavy atom. The lowest BCUT2D eigenvalue weighted by Gasteiger charge is -2.34. The molecule has 3 heterocycles. The summed E-state index contributed by atoms with van der Waals surface area (Å²) in [5, 5.41) is 3.25. The first-order valence-electron chi connectivity index (χ1n) is 10.5. The largest absolute Gasteiger partial charge is 0.494 e. The normalized spacial score (nSPS) is 18.6. The number of rotatable bonds is 5. The first-order chi connectivity index (χ1) is 14.5. The second kappa shape index (κ2) is 8.87. The summed E-state index contributed by atoms with van der Waals surface area (Å²) in [4.78, 5) is 24.4. The summed E-state index contributed by atoms with van der Waals surface area (Å²) in [6.07, 6.45) is 0.529. The summed E-state index contributed by atoms with van der Waals surface area (Å²) in [7, 11) is 0. The number of aromatic nitrogens is 2. The van der Waals surface area contributed by atoms with Gasteiger partial charge >= 0.3 is 0 Å². The van der Waals surface area contributed by atoms with Crippen LogP contribution in [-0.4, -0.2) is 53.3 Å². The van der Waals surface area contributed by atoms with Crippen molar-refractivity contribution in [1.29, 1.82) is 0 Å². The smallest absolute Gasteiger partial charge is 0.257 e. The molecule has 0 amide bonds. The first kappa shape index (κ1) is 20.4. The molecule has 1 N–H and O–H groups in total. The lowest BCUT2D eigenvalue weighted by Crippen LogP contribution is -2.47. The van der Waals surface area contributed by atoms with E-state index < -0.39 is 6.17 Å². The molecular weight excluding hydrogens is 382 g/mol. The second-order valence-electron chi connectivity index (χ2n) is 8.08. The van der Waals surface area contributed by atoms with Gasteiger partial charge in [0.25, 0.3) is 5.56 Å². The van der Waals surface area contributed by atoms with Gasteiger partial charge < -0.3 is 14.4 Å². The first-order valence-corrected chi connectivity index (χ1v) is 10.5. The van der Waals surface area contributed by atoms with Gasteiger partial charge in [-0.15, -0.1) is 0 Å². The maximum Gasteiger partial charge on any atom is 0.257 e. The highest BCUT2D eigenvalue weighted by atomic mass is 16.5. The highest BCUT2D eigenvalue weighted by Crippen LogP contribution is 2.27. The van der Waals surface area contributed by atoms with Crippen molar-refractivity contribution >= 4 is 11.9 Å². The third-order valence-electron chi connectivity index (χ3n) is 5.25. The van der Waals surface area contributed by atoms with Crippen LogP contribution in [0.2, 0.25) is 0 Å². The van der Waals surface area contributed by atoms with Crippen LogP contribution >= 0.6 is 0 Å². The summed E-state index contributed by atoms with van der Waals surface area (Å²) in [5.74, 6) is 2.66. The van der Waals surface area contributed by atoms with Crippen LogP contribution < -0.4 is 15.6 Å². The number of guanidine groups is 1. The summed E-state index contributed by atoms with van der Waals surface area (Å²) < 4.78 is 12.9. The fraction of sp³-hybridized carbons (Fsp3) is 0.500. The molecule has 0 radical (unpaired) electrons. The highest BCUT2D eigenvalue weighted by Gasteiger charge is 2.28. The number of fused-ring (bicyclic) bond motifs is 1. The van der Waals surface area contributed by atoms with Crippen LogP contribution in [0.15, 0.2) is 40.1 Å². The number of hydrogen-bond acceptors (Lipinski definition) is 7. The van der Waals surface area contributed by atoms with Crippen molar-refractivity contribution in [3.05, 3.63) is 51.9 Å². The number of aryl methyl sites for hydroxylation is 1. The number of aliphatic imine (C=N–C) groups is 1. The Bertz CT molecular complexity index is 962. The SMILES string of the molecule is Cc1cc(=O)n2c(n1)NC(N1CCOCC1)=NC2c1ccc(OCCC(C)C)cc1. The second-order valence-corrected chi connectivity index (χ2v) is 8.08. The third kappa shape index (κ3) is 4.48. The lowest BCUT2D eigenvalue weighted by atomic mass is 10.1. The van der Waals surface area contributed by atoms with E-state index in [2.05, 4.69) is 29.0 Å². The van der Waals surface area contributed by atoms with E-state index >= 15 is 0 Å². The maximum absolute atomic E-state index is 12.8. The van der Waals surface area contributed by atoms with Gasteiger partial charge in [-0.25, -0.2) is 9.98 Å². The van der Waals surface area contributed by atoms with Gasteiger partial charge in [-0.1, -0.05) is 26.0 Å². The monoisotopic (exact) mass is 411 g/mol. The average Bonchev–Trinajstić information content (AvgIpc) is 2.73. The van der Waals surface area contributed by atoms with Gasteiger partial charge in [0, 0.05) is 24.8 Å². The number of nitrogens with one attached hydrogen (secondary N) is 1. The van der Waals surface area contributed by atoms with Gasteiger partial charge in [-0.3, -0.25) is 14.7 Å². The van der Waals surface area contributed by atoms with Gasteiger partial charge in [-0.2, -0.15) is 0 Å². The third-order valence-corrected chi connectivity index (χ3v) is 5.25. The average molecular weight is 412 g/mol. The Hall–Kier alpha value is -2.87. The molecule has 4 rings (SSSR count). The van der Waals surface area contributed by atoms with Crippen LogP contribution in [0.4, 0.5) is 5.95 Å². The van der Waals surface area contributed by atoms with Gasteiger partial charge in [0.05, 0.1) is 19.8 Å². The molecule has 160 valence electrons. The van der Waals surface area contributed by atoms with Crippen molar-refractivity contribution in [3.63, 3.8) is 0 Å². The van der Waals surface area contributed by atoms with Gasteiger partial charge in [-0.05, 0) is 37.0 Å². The van der Waals surface area contributed by atoms with Crippen LogP contribution in [-0.2, 0) is 4.74 Å². The van der Waals surface area contributed by atoms with Crippen LogP contribution in [0.1, 0.15) is 37.7 Å². The molecule has 30 heavy (non-hydrogen) atoms. The number of hydrogen-bond donors (Lipinski definition) is 1. The fourth-order valence-corrected chi connectivity index (χ4v) is 3.54. The van der Waals surface area contributed by atoms with E-state index in [4.69, 9.17) is 14.5 Å². The van der Waals surface area contributed by atoms with E-state index in [0.717, 1.165) is 36.8 Å². The zero-order chi connectivity index (χ0) is 21.1. The molecule has 8 nitrogen and oxygen atoms in total. The van der Waals surface area contributed by atoms with Crippen molar-refractivity contribution in [2.24, 2.45) is 10.9 Å². The Morgan fingerprint density at radius 3 is 2.67 bits per heavy atom. The highest BCUT2D eigenvalue weighted by molar-refractivity contribution is 5.93. The standard InChI is InChI=1S/C22H29N5O3/c1-15(2)8-11-30-18-6-4-17(5-7-18)20-24-21(26-9-12-29-13-10-26)25-22-23-16(3)14-19(28)27(20)22/h4-7,14-15,20H,8-13H2,1-3H3,(H,23,24,25). The predicted octanol–water partition coefficient (Wildman–Crippen LogP) is 2.64. The minimum absolute atomic E-state index is 0.128. The van der Waals surface area contributed by atoms with Crippen molar-refractivity contribution in [3.8, 4) is 5.75 Å². The number of ether oxygens (including phenoxy) is 2. The molecule has 0 aliphatic carbocycles. The van der Waals surface area contributed by atoms with Crippen LogP contribution in [0.3, 0.4) is 0 Å². The molecular formula is C22H29N5O3. The topological polar surface area (TPSA) is 81.0 Å². The molecule has 8 heteroatoms. The van der Waals surface area contributed by atoms with Crippen LogP contribution in [0.5, 0.6) is 5.75 Å². The van der Waals surface area contributed by atoms with Crippen molar-refractivity contribution < 1.29 is 9.47 Å². The Morgan fingerprint density at radius 1 is 1.23 bits per heavy atom. The number of morpholine rings is 1. The molecule has 0 saturated carbocycles. The molecule has 2 aliphatic heterocycles. The Labute approximate surface area is 176 Å². The van der Waals surface area contributed by atoms with Gasteiger partial charge in [0.2, 0.25) is 11.9 Å². The van der Waals surface area contributed by atoms with Crippen molar-refractivity contribution in [1.82, 2.24) is 14.5 Å². The molecule has 1 unspecified atom stereocenters. The lowest BCUT2D eigenvalue weighted by molar-refractivity contribution is 0.0675. The molecule has 0 spiro atoms. The summed E-state index contributed by atoms with van der Waals surface area (Å²) >= 11 is 0. The maximum atomic E-state index is 12.8. The van der Waals surface area contributed by atoms with Crippen LogP contribution in [0, 0.1) is 12.8 Å². The Kier molecular flexibility index (Phi) is 6.03. The van der Waals surface area contributed by atoms with E-state index in [1.165, 1.54) is 6.07 Å². The van der Waals surface area contributed by atoms with Crippen molar-refractivity contribution in [2.45, 2.75) is 33.4 Å². The van der Waals surface area contributed by atoms with E-state index in [0.29, 0.717) is 37.4 Å². The van der Waals surface area contributed by atoms with Gasteiger partial charge in [0.15, 0.2) is 6.17 Å². The number of nitrogens with zero attached hydrogens (tertiary/aromatic N) is 4. The van der Waals surface area contributed by atoms with E-state index in [9.17, 15) is 4.79 Å². The number of anilines is 1. The molecule has 1 saturated heterocycles. The molecule has 1 aromatic carbocycles. The molecule has 1 atom stereocenters. The molecule has 2 aromatic rings. The zero-order valence-electron chi connectivity index (χ0n) is 17.8. The van der Waals surface area contributed by atoms with Crippen LogP contribution in [0.25, 0.3) is 0 Å². The Balaban J connectivity index is 1.64. The summed E-state index contributed by atoms with van der Waals surface area (Å²) in [6, 6.07) is 9.35. The van der Waals surface area contributed by atoms with E-state index in [1.807, 2.05) is 31.2 Å². The molecule has 1 aromatic heterocycles. The van der Waals surface area contributed by atoms with E-state index in [-0.39, 0.29) is 5.56 Å². The minimum Gasteiger partial charge on any atom is -0.494 e. The fourth-order valence-electron chi connectivity index (χ4n) is 3.54. The molecule has 1 fully saturated rings. The molecule has 2 aliphatic rings. The van der Waals surface area contributed by atoms with Gasteiger partial charge in [0.1, 0.15) is 5.75 Å². The van der Waals surface area contributed by atoms with E-state index in [1.54, 1.807) is 4.57 Å². The summed E-state index contributed by atoms with van der Waals surface area (Å²) in [5.41, 5.74) is 1.46. The number of benzene rings is 1. The minimum atomic E-state index is -0.482. The quantitative estimate of drug-likeness (QED) is 0.815.